The molecule has 5 nitrogen and oxygen atoms in total. The highest BCUT2D eigenvalue weighted by Gasteiger charge is 2.27. The predicted octanol–water partition coefficient (Wildman–Crippen LogP) is 3.31. The first-order valence-electron chi connectivity index (χ1n) is 7.46. The minimum Gasteiger partial charge on any atom is -0.465 e. The molecule has 0 spiro atoms. The molecule has 0 aliphatic heterocycles. The molecule has 134 valence electrons. The molecule has 0 fully saturated rings. The van der Waals surface area contributed by atoms with Crippen molar-refractivity contribution in [2.75, 3.05) is 23.7 Å². The number of carbonyl (C=O) groups excluding carboxylic acids is 1. The van der Waals surface area contributed by atoms with Crippen molar-refractivity contribution in [2.45, 2.75) is 16.7 Å². The molecule has 0 heterocycles. The second-order valence-electron chi connectivity index (χ2n) is 4.97. The highest BCUT2D eigenvalue weighted by Crippen LogP contribution is 2.25. The smallest absolute Gasteiger partial charge is 0.326 e. The maximum Gasteiger partial charge on any atom is 0.326 e. The Balaban J connectivity index is 2.44. The van der Waals surface area contributed by atoms with Crippen LogP contribution in [-0.2, 0) is 19.6 Å². The Kier molecular flexibility index (Phi) is 6.44. The van der Waals surface area contributed by atoms with Gasteiger partial charge in [0.05, 0.1) is 17.2 Å². The fourth-order valence-electron chi connectivity index (χ4n) is 2.12. The number of ether oxygens (including phenoxy) is 1. The van der Waals surface area contributed by atoms with Gasteiger partial charge >= 0.3 is 5.97 Å². The van der Waals surface area contributed by atoms with Gasteiger partial charge in [-0.3, -0.25) is 9.10 Å². The van der Waals surface area contributed by atoms with Gasteiger partial charge in [-0.15, -0.1) is 11.8 Å². The molecule has 0 N–H and O–H groups in total. The highest BCUT2D eigenvalue weighted by atomic mass is 32.2. The molecular weight excluding hydrogens is 365 g/mol. The largest absolute Gasteiger partial charge is 0.465 e. The lowest BCUT2D eigenvalue weighted by Crippen LogP contribution is -2.36. The maximum absolute atomic E-state index is 13.2. The molecule has 0 unspecified atom stereocenters. The van der Waals surface area contributed by atoms with E-state index in [4.69, 9.17) is 4.74 Å². The lowest BCUT2D eigenvalue weighted by atomic mass is 10.3. The van der Waals surface area contributed by atoms with Crippen LogP contribution in [0.5, 0.6) is 0 Å². The third-order valence-electron chi connectivity index (χ3n) is 3.34. The van der Waals surface area contributed by atoms with Crippen molar-refractivity contribution < 1.29 is 22.3 Å². The number of halogens is 1. The lowest BCUT2D eigenvalue weighted by molar-refractivity contribution is -0.141. The van der Waals surface area contributed by atoms with E-state index in [1.165, 1.54) is 36.0 Å². The van der Waals surface area contributed by atoms with Crippen LogP contribution < -0.4 is 4.31 Å². The summed E-state index contributed by atoms with van der Waals surface area (Å²) in [5, 5.41) is 0. The summed E-state index contributed by atoms with van der Waals surface area (Å²) in [5.41, 5.74) is 0.184. The van der Waals surface area contributed by atoms with Crippen LogP contribution >= 0.6 is 11.8 Å². The Morgan fingerprint density at radius 3 is 2.24 bits per heavy atom. The SMILES string of the molecule is CCOC(=O)CN(c1ccc(F)cc1)S(=O)(=O)c1ccc(SC)cc1. The quantitative estimate of drug-likeness (QED) is 0.542. The van der Waals surface area contributed by atoms with E-state index in [1.54, 1.807) is 19.1 Å². The third kappa shape index (κ3) is 4.73. The summed E-state index contributed by atoms with van der Waals surface area (Å²) in [4.78, 5) is 12.8. The van der Waals surface area contributed by atoms with Gasteiger partial charge in [-0.05, 0) is 61.7 Å². The molecule has 2 aromatic carbocycles. The van der Waals surface area contributed by atoms with Gasteiger partial charge in [0.25, 0.3) is 10.0 Å². The topological polar surface area (TPSA) is 63.7 Å². The molecule has 0 radical (unpaired) electrons. The third-order valence-corrected chi connectivity index (χ3v) is 5.87. The first-order valence-corrected chi connectivity index (χ1v) is 10.1. The van der Waals surface area contributed by atoms with Gasteiger partial charge in [-0.2, -0.15) is 0 Å². The normalized spacial score (nSPS) is 11.2. The van der Waals surface area contributed by atoms with E-state index in [2.05, 4.69) is 0 Å². The number of hydrogen-bond acceptors (Lipinski definition) is 5. The highest BCUT2D eigenvalue weighted by molar-refractivity contribution is 7.98. The molecule has 2 aromatic rings. The monoisotopic (exact) mass is 383 g/mol. The molecule has 0 aliphatic rings. The number of esters is 1. The summed E-state index contributed by atoms with van der Waals surface area (Å²) >= 11 is 1.49. The lowest BCUT2D eigenvalue weighted by Gasteiger charge is -2.23. The minimum atomic E-state index is -4.00. The van der Waals surface area contributed by atoms with Crippen LogP contribution in [0.25, 0.3) is 0 Å². The summed E-state index contributed by atoms with van der Waals surface area (Å²) in [5.74, 6) is -1.18. The molecule has 0 aliphatic carbocycles. The Morgan fingerprint density at radius 1 is 1.12 bits per heavy atom. The standard InChI is InChI=1S/C17H18FNO4S2/c1-3-23-17(20)12-19(14-6-4-13(18)5-7-14)25(21,22)16-10-8-15(24-2)9-11-16/h4-11H,3,12H2,1-2H3. The molecular formula is C17H18FNO4S2. The molecule has 0 saturated carbocycles. The first-order chi connectivity index (χ1) is 11.9. The van der Waals surface area contributed by atoms with E-state index in [1.807, 2.05) is 6.26 Å². The van der Waals surface area contributed by atoms with Crippen molar-refractivity contribution in [3.8, 4) is 0 Å². The van der Waals surface area contributed by atoms with Crippen molar-refractivity contribution in [2.24, 2.45) is 0 Å². The van der Waals surface area contributed by atoms with Gasteiger partial charge in [-0.1, -0.05) is 0 Å². The van der Waals surface area contributed by atoms with E-state index < -0.39 is 28.4 Å². The fourth-order valence-corrected chi connectivity index (χ4v) is 3.94. The van der Waals surface area contributed by atoms with Crippen LogP contribution in [0.4, 0.5) is 10.1 Å². The Morgan fingerprint density at radius 2 is 1.72 bits per heavy atom. The zero-order chi connectivity index (χ0) is 18.4. The van der Waals surface area contributed by atoms with Gasteiger partial charge in [0.1, 0.15) is 12.4 Å². The molecule has 2 rings (SSSR count). The van der Waals surface area contributed by atoms with Crippen LogP contribution in [-0.4, -0.2) is 33.8 Å². The number of sulfonamides is 1. The van der Waals surface area contributed by atoms with E-state index >= 15 is 0 Å². The van der Waals surface area contributed by atoms with Crippen LogP contribution in [0.1, 0.15) is 6.92 Å². The van der Waals surface area contributed by atoms with E-state index in [0.717, 1.165) is 21.3 Å². The van der Waals surface area contributed by atoms with Crippen molar-refractivity contribution in [3.63, 3.8) is 0 Å². The number of carbonyl (C=O) groups is 1. The number of thioether (sulfide) groups is 1. The second-order valence-corrected chi connectivity index (χ2v) is 7.71. The van der Waals surface area contributed by atoms with Crippen molar-refractivity contribution in [1.29, 1.82) is 0 Å². The van der Waals surface area contributed by atoms with E-state index in [0.29, 0.717) is 0 Å². The maximum atomic E-state index is 13.2. The van der Waals surface area contributed by atoms with Gasteiger partial charge in [0.15, 0.2) is 0 Å². The summed E-state index contributed by atoms with van der Waals surface area (Å²) < 4.78 is 44.9. The number of benzene rings is 2. The number of hydrogen-bond donors (Lipinski definition) is 0. The number of anilines is 1. The fraction of sp³-hybridized carbons (Fsp3) is 0.235. The van der Waals surface area contributed by atoms with Crippen molar-refractivity contribution in [1.82, 2.24) is 0 Å². The summed E-state index contributed by atoms with van der Waals surface area (Å²) in [6.07, 6.45) is 1.88. The van der Waals surface area contributed by atoms with Crippen LogP contribution in [0.2, 0.25) is 0 Å². The average molecular weight is 383 g/mol. The first kappa shape index (κ1) is 19.3. The molecule has 25 heavy (non-hydrogen) atoms. The molecule has 0 saturated heterocycles. The summed E-state index contributed by atoms with van der Waals surface area (Å²) in [7, 11) is -4.00. The molecule has 0 amide bonds. The number of nitrogens with zero attached hydrogens (tertiary/aromatic N) is 1. The van der Waals surface area contributed by atoms with Gasteiger partial charge in [-0.25, -0.2) is 12.8 Å². The van der Waals surface area contributed by atoms with E-state index in [9.17, 15) is 17.6 Å². The van der Waals surface area contributed by atoms with Crippen molar-refractivity contribution in [3.05, 3.63) is 54.3 Å². The number of rotatable bonds is 7. The van der Waals surface area contributed by atoms with Gasteiger partial charge < -0.3 is 4.74 Å². The van der Waals surface area contributed by atoms with Gasteiger partial charge in [0, 0.05) is 4.90 Å². The van der Waals surface area contributed by atoms with E-state index in [-0.39, 0.29) is 17.2 Å². The van der Waals surface area contributed by atoms with Crippen LogP contribution in [0.15, 0.2) is 58.3 Å². The molecule has 0 atom stereocenters. The Bertz CT molecular complexity index is 821. The summed E-state index contributed by atoms with van der Waals surface area (Å²) in [6, 6.07) is 11.2. The van der Waals surface area contributed by atoms with Crippen molar-refractivity contribution >= 4 is 33.4 Å². The average Bonchev–Trinajstić information content (AvgIpc) is 2.61. The minimum absolute atomic E-state index is 0.0407. The van der Waals surface area contributed by atoms with Crippen LogP contribution in [0.3, 0.4) is 0 Å². The molecule has 0 aromatic heterocycles. The Hall–Kier alpha value is -2.06. The van der Waals surface area contributed by atoms with Gasteiger partial charge in [0.2, 0.25) is 0 Å². The zero-order valence-electron chi connectivity index (χ0n) is 13.8. The second kappa shape index (κ2) is 8.35. The predicted molar refractivity (Wildman–Crippen MR) is 95.8 cm³/mol. The zero-order valence-corrected chi connectivity index (χ0v) is 15.4. The van der Waals surface area contributed by atoms with Crippen LogP contribution in [0, 0.1) is 5.82 Å². The summed E-state index contributed by atoms with van der Waals surface area (Å²) in [6.45, 7) is 1.28. The molecule has 0 bridgehead atoms. The Labute approximate surface area is 150 Å². The molecule has 8 heteroatoms.